The standard InChI is InChI=1S/C14H12F2N2O2.C4H6N2O2/c15-10-5-4-8(6-11(10)16)13-7-12(18-20-13)14(19)17-9-2-1-3-9;1-3(7)4-6-5-2-8-4/h4-7,9H,1-3H2,(H,17,19);2-3,7H,1H3. The number of hydrogen-bond acceptors (Lipinski definition) is 7. The summed E-state index contributed by atoms with van der Waals surface area (Å²) in [4.78, 5) is 11.8. The molecule has 1 unspecified atom stereocenters. The van der Waals surface area contributed by atoms with Crippen LogP contribution in [0.5, 0.6) is 0 Å². The number of rotatable bonds is 4. The highest BCUT2D eigenvalue weighted by Gasteiger charge is 2.22. The number of nitrogens with zero attached hydrogens (tertiary/aromatic N) is 3. The second kappa shape index (κ2) is 8.70. The van der Waals surface area contributed by atoms with E-state index < -0.39 is 17.7 Å². The maximum Gasteiger partial charge on any atom is 0.273 e. The first-order valence-corrected chi connectivity index (χ1v) is 8.61. The van der Waals surface area contributed by atoms with Gasteiger partial charge in [0.05, 0.1) is 0 Å². The van der Waals surface area contributed by atoms with Crippen LogP contribution in [-0.4, -0.2) is 32.4 Å². The summed E-state index contributed by atoms with van der Waals surface area (Å²) in [5.74, 6) is -1.74. The van der Waals surface area contributed by atoms with E-state index in [0.717, 1.165) is 31.4 Å². The van der Waals surface area contributed by atoms with Crippen LogP contribution in [-0.2, 0) is 0 Å². The molecule has 1 atom stereocenters. The number of aliphatic hydroxyl groups is 1. The van der Waals surface area contributed by atoms with Crippen LogP contribution in [0, 0.1) is 11.6 Å². The zero-order valence-corrected chi connectivity index (χ0v) is 14.9. The lowest BCUT2D eigenvalue weighted by Crippen LogP contribution is -2.39. The summed E-state index contributed by atoms with van der Waals surface area (Å²) in [6.45, 7) is 1.56. The maximum atomic E-state index is 13.1. The lowest BCUT2D eigenvalue weighted by atomic mass is 9.93. The number of benzene rings is 1. The van der Waals surface area contributed by atoms with Crippen molar-refractivity contribution in [3.63, 3.8) is 0 Å². The van der Waals surface area contributed by atoms with Gasteiger partial charge < -0.3 is 19.4 Å². The van der Waals surface area contributed by atoms with Gasteiger partial charge in [0, 0.05) is 17.7 Å². The van der Waals surface area contributed by atoms with Crippen molar-refractivity contribution in [1.82, 2.24) is 20.7 Å². The number of carbonyl (C=O) groups is 1. The molecule has 1 amide bonds. The van der Waals surface area contributed by atoms with Crippen LogP contribution < -0.4 is 5.32 Å². The van der Waals surface area contributed by atoms with E-state index >= 15 is 0 Å². The van der Waals surface area contributed by atoms with Crippen LogP contribution in [0.1, 0.15) is 48.7 Å². The summed E-state index contributed by atoms with van der Waals surface area (Å²) in [6.07, 6.45) is 3.59. The second-order valence-electron chi connectivity index (χ2n) is 6.26. The molecule has 1 aromatic carbocycles. The van der Waals surface area contributed by atoms with Crippen LogP contribution in [0.15, 0.2) is 39.6 Å². The molecule has 8 nitrogen and oxygen atoms in total. The Kier molecular flexibility index (Phi) is 6.09. The Hall–Kier alpha value is -3.14. The molecule has 2 heterocycles. The SMILES string of the molecule is CC(O)c1nnco1.O=C(NC1CCC1)c1cc(-c2ccc(F)c(F)c2)on1. The minimum Gasteiger partial charge on any atom is -0.425 e. The number of amides is 1. The minimum absolute atomic E-state index is 0.136. The monoisotopic (exact) mass is 392 g/mol. The largest absolute Gasteiger partial charge is 0.425 e. The summed E-state index contributed by atoms with van der Waals surface area (Å²) in [5, 5.41) is 22.0. The molecule has 148 valence electrons. The number of aliphatic hydroxyl groups excluding tert-OH is 1. The molecule has 2 aromatic heterocycles. The van der Waals surface area contributed by atoms with Gasteiger partial charge in [-0.05, 0) is 44.4 Å². The third-order valence-corrected chi connectivity index (χ3v) is 4.12. The highest BCUT2D eigenvalue weighted by atomic mass is 19.2. The first kappa shape index (κ1) is 19.6. The van der Waals surface area contributed by atoms with Gasteiger partial charge >= 0.3 is 0 Å². The normalized spacial score (nSPS) is 14.6. The Labute approximate surface area is 158 Å². The second-order valence-corrected chi connectivity index (χ2v) is 6.26. The van der Waals surface area contributed by atoms with E-state index in [1.54, 1.807) is 6.92 Å². The Balaban J connectivity index is 0.000000236. The van der Waals surface area contributed by atoms with Gasteiger partial charge in [0.25, 0.3) is 5.91 Å². The van der Waals surface area contributed by atoms with E-state index in [2.05, 4.69) is 25.1 Å². The van der Waals surface area contributed by atoms with Gasteiger partial charge in [-0.3, -0.25) is 4.79 Å². The number of hydrogen-bond donors (Lipinski definition) is 2. The summed E-state index contributed by atoms with van der Waals surface area (Å²) in [5.41, 5.74) is 0.468. The minimum atomic E-state index is -0.973. The van der Waals surface area contributed by atoms with Crippen molar-refractivity contribution in [3.8, 4) is 11.3 Å². The van der Waals surface area contributed by atoms with E-state index in [1.807, 2.05) is 0 Å². The van der Waals surface area contributed by atoms with Crippen molar-refractivity contribution in [1.29, 1.82) is 0 Å². The van der Waals surface area contributed by atoms with Gasteiger partial charge in [-0.25, -0.2) is 8.78 Å². The summed E-state index contributed by atoms with van der Waals surface area (Å²) >= 11 is 0. The van der Waals surface area contributed by atoms with E-state index in [4.69, 9.17) is 9.63 Å². The quantitative estimate of drug-likeness (QED) is 0.701. The molecule has 3 aromatic rings. The zero-order chi connectivity index (χ0) is 20.1. The number of halogens is 2. The lowest BCUT2D eigenvalue weighted by Gasteiger charge is -2.25. The van der Waals surface area contributed by atoms with E-state index in [9.17, 15) is 13.6 Å². The van der Waals surface area contributed by atoms with Crippen LogP contribution in [0.3, 0.4) is 0 Å². The Morgan fingerprint density at radius 3 is 2.61 bits per heavy atom. The van der Waals surface area contributed by atoms with Gasteiger partial charge in [0.15, 0.2) is 23.1 Å². The first-order chi connectivity index (χ1) is 13.4. The van der Waals surface area contributed by atoms with E-state index in [0.29, 0.717) is 5.56 Å². The third kappa shape index (κ3) is 4.77. The van der Waals surface area contributed by atoms with Gasteiger partial charge in [-0.2, -0.15) is 0 Å². The fourth-order valence-electron chi connectivity index (χ4n) is 2.34. The van der Waals surface area contributed by atoms with Crippen LogP contribution in [0.4, 0.5) is 8.78 Å². The molecule has 1 saturated carbocycles. The predicted molar refractivity (Wildman–Crippen MR) is 91.9 cm³/mol. The Morgan fingerprint density at radius 1 is 1.29 bits per heavy atom. The predicted octanol–water partition coefficient (Wildman–Crippen LogP) is 3.03. The first-order valence-electron chi connectivity index (χ1n) is 8.61. The van der Waals surface area contributed by atoms with Crippen molar-refractivity contribution in [2.45, 2.75) is 38.3 Å². The molecular weight excluding hydrogens is 374 g/mol. The Morgan fingerprint density at radius 2 is 2.07 bits per heavy atom. The van der Waals surface area contributed by atoms with Crippen LogP contribution in [0.2, 0.25) is 0 Å². The molecule has 10 heteroatoms. The smallest absolute Gasteiger partial charge is 0.273 e. The fraction of sp³-hybridized carbons (Fsp3) is 0.333. The Bertz CT molecular complexity index is 924. The highest BCUT2D eigenvalue weighted by Crippen LogP contribution is 2.23. The average Bonchev–Trinajstić information content (AvgIpc) is 3.32. The summed E-state index contributed by atoms with van der Waals surface area (Å²) < 4.78 is 35.6. The molecule has 1 aliphatic rings. The molecule has 1 fully saturated rings. The molecule has 1 aliphatic carbocycles. The van der Waals surface area contributed by atoms with Gasteiger partial charge in [0.2, 0.25) is 12.3 Å². The fourth-order valence-corrected chi connectivity index (χ4v) is 2.34. The molecule has 0 saturated heterocycles. The van der Waals surface area contributed by atoms with Crippen molar-refractivity contribution in [2.75, 3.05) is 0 Å². The van der Waals surface area contributed by atoms with E-state index in [-0.39, 0.29) is 29.3 Å². The maximum absolute atomic E-state index is 13.1. The molecule has 0 radical (unpaired) electrons. The third-order valence-electron chi connectivity index (χ3n) is 4.12. The molecule has 28 heavy (non-hydrogen) atoms. The van der Waals surface area contributed by atoms with Crippen molar-refractivity contribution in [2.24, 2.45) is 0 Å². The molecular formula is C18H18F2N4O4. The van der Waals surface area contributed by atoms with E-state index in [1.165, 1.54) is 18.5 Å². The van der Waals surface area contributed by atoms with Gasteiger partial charge in [-0.1, -0.05) is 5.16 Å². The summed E-state index contributed by atoms with van der Waals surface area (Å²) in [7, 11) is 0. The lowest BCUT2D eigenvalue weighted by molar-refractivity contribution is 0.0908. The topological polar surface area (TPSA) is 114 Å². The molecule has 0 bridgehead atoms. The van der Waals surface area contributed by atoms with Crippen molar-refractivity contribution in [3.05, 3.63) is 53.9 Å². The van der Waals surface area contributed by atoms with Crippen LogP contribution in [0.25, 0.3) is 11.3 Å². The van der Waals surface area contributed by atoms with Gasteiger partial charge in [-0.15, -0.1) is 10.2 Å². The average molecular weight is 392 g/mol. The number of carbonyl (C=O) groups excluding carboxylic acids is 1. The van der Waals surface area contributed by atoms with Crippen molar-refractivity contribution >= 4 is 5.91 Å². The van der Waals surface area contributed by atoms with Crippen LogP contribution >= 0.6 is 0 Å². The summed E-state index contributed by atoms with van der Waals surface area (Å²) in [6, 6.07) is 4.99. The van der Waals surface area contributed by atoms with Crippen molar-refractivity contribution < 1.29 is 27.6 Å². The highest BCUT2D eigenvalue weighted by molar-refractivity contribution is 5.93. The molecule has 0 spiro atoms. The van der Waals surface area contributed by atoms with Gasteiger partial charge in [0.1, 0.15) is 6.10 Å². The number of nitrogens with one attached hydrogen (secondary N) is 1. The molecule has 0 aliphatic heterocycles. The zero-order valence-electron chi connectivity index (χ0n) is 14.9. The molecule has 4 rings (SSSR count). The molecule has 2 N–H and O–H groups in total. The number of aromatic nitrogens is 3.